The fourth-order valence-electron chi connectivity index (χ4n) is 2.90. The zero-order valence-corrected chi connectivity index (χ0v) is 11.1. The van der Waals surface area contributed by atoms with Gasteiger partial charge >= 0.3 is 0 Å². The van der Waals surface area contributed by atoms with E-state index in [1.165, 1.54) is 0 Å². The van der Waals surface area contributed by atoms with E-state index in [-0.39, 0.29) is 5.41 Å². The fraction of sp³-hybridized carbons (Fsp3) is 0.500. The van der Waals surface area contributed by atoms with Crippen LogP contribution in [0.4, 0.5) is 0 Å². The third kappa shape index (κ3) is 2.39. The Kier molecular flexibility index (Phi) is 4.51. The number of hydrogen-bond acceptors (Lipinski definition) is 2. The van der Waals surface area contributed by atoms with Crippen LogP contribution in [0.1, 0.15) is 39.0 Å². The standard InChI is InChI=1S/C16H20N2/c1-4-9-15(3)11-7-6-8-14(15)16(12-17,13-18)10-5-2/h4-5,8H,1-2,6-7,9-11H2,3H3. The first-order chi connectivity index (χ1) is 8.58. The summed E-state index contributed by atoms with van der Waals surface area (Å²) in [7, 11) is 0. The molecule has 0 fully saturated rings. The van der Waals surface area contributed by atoms with Crippen molar-refractivity contribution in [2.75, 3.05) is 0 Å². The van der Waals surface area contributed by atoms with Gasteiger partial charge < -0.3 is 0 Å². The summed E-state index contributed by atoms with van der Waals surface area (Å²) in [6.45, 7) is 9.61. The second kappa shape index (κ2) is 5.69. The lowest BCUT2D eigenvalue weighted by atomic mass is 9.61. The van der Waals surface area contributed by atoms with Crippen LogP contribution in [0.2, 0.25) is 0 Å². The molecule has 0 radical (unpaired) electrons. The monoisotopic (exact) mass is 240 g/mol. The summed E-state index contributed by atoms with van der Waals surface area (Å²) in [5.41, 5.74) is -0.208. The minimum Gasteiger partial charge on any atom is -0.196 e. The summed E-state index contributed by atoms with van der Waals surface area (Å²) in [6, 6.07) is 4.43. The maximum Gasteiger partial charge on any atom is 0.168 e. The number of allylic oxidation sites excluding steroid dienone is 4. The smallest absolute Gasteiger partial charge is 0.168 e. The van der Waals surface area contributed by atoms with Crippen LogP contribution >= 0.6 is 0 Å². The summed E-state index contributed by atoms with van der Waals surface area (Å²) >= 11 is 0. The normalized spacial score (nSPS) is 23.4. The lowest BCUT2D eigenvalue weighted by Gasteiger charge is -2.40. The van der Waals surface area contributed by atoms with Gasteiger partial charge in [0.1, 0.15) is 0 Å². The maximum absolute atomic E-state index is 9.47. The van der Waals surface area contributed by atoms with Gasteiger partial charge in [0.05, 0.1) is 12.1 Å². The van der Waals surface area contributed by atoms with Crippen LogP contribution in [0, 0.1) is 33.5 Å². The Morgan fingerprint density at radius 3 is 2.56 bits per heavy atom. The molecule has 18 heavy (non-hydrogen) atoms. The van der Waals surface area contributed by atoms with Crippen LogP contribution in [0.3, 0.4) is 0 Å². The minimum absolute atomic E-state index is 0.117. The average Bonchev–Trinajstić information content (AvgIpc) is 2.37. The van der Waals surface area contributed by atoms with E-state index >= 15 is 0 Å². The van der Waals surface area contributed by atoms with Crippen LogP contribution in [0.15, 0.2) is 37.0 Å². The van der Waals surface area contributed by atoms with E-state index in [1.807, 2.05) is 6.08 Å². The van der Waals surface area contributed by atoms with E-state index in [4.69, 9.17) is 0 Å². The van der Waals surface area contributed by atoms with Gasteiger partial charge in [-0.25, -0.2) is 0 Å². The van der Waals surface area contributed by atoms with Crippen molar-refractivity contribution in [2.24, 2.45) is 10.8 Å². The van der Waals surface area contributed by atoms with Crippen molar-refractivity contribution in [1.29, 1.82) is 10.5 Å². The Morgan fingerprint density at radius 1 is 1.39 bits per heavy atom. The SMILES string of the molecule is C=CCC(C#N)(C#N)C1=CCCCC1(C)CC=C. The number of rotatable bonds is 5. The first-order valence-electron chi connectivity index (χ1n) is 6.34. The van der Waals surface area contributed by atoms with Gasteiger partial charge in [-0.05, 0) is 36.7 Å². The molecule has 0 bridgehead atoms. The molecule has 0 aromatic heterocycles. The summed E-state index contributed by atoms with van der Waals surface area (Å²) < 4.78 is 0. The molecule has 2 heteroatoms. The fourth-order valence-corrected chi connectivity index (χ4v) is 2.90. The molecule has 0 heterocycles. The van der Waals surface area contributed by atoms with Crippen LogP contribution in [0.5, 0.6) is 0 Å². The zero-order chi connectivity index (χ0) is 13.6. The molecule has 0 aliphatic heterocycles. The quantitative estimate of drug-likeness (QED) is 0.673. The summed E-state index contributed by atoms with van der Waals surface area (Å²) in [6.07, 6.45) is 9.89. The highest BCUT2D eigenvalue weighted by molar-refractivity contribution is 5.39. The predicted molar refractivity (Wildman–Crippen MR) is 73.3 cm³/mol. The zero-order valence-electron chi connectivity index (χ0n) is 11.1. The summed E-state index contributed by atoms with van der Waals surface area (Å²) in [5.74, 6) is 0. The molecule has 1 aliphatic rings. The Bertz CT molecular complexity index is 431. The van der Waals surface area contributed by atoms with E-state index in [9.17, 15) is 10.5 Å². The van der Waals surface area contributed by atoms with Crippen molar-refractivity contribution >= 4 is 0 Å². The van der Waals surface area contributed by atoms with Gasteiger partial charge in [0.15, 0.2) is 5.41 Å². The topological polar surface area (TPSA) is 47.6 Å². The van der Waals surface area contributed by atoms with E-state index in [0.29, 0.717) is 6.42 Å². The Balaban J connectivity index is 3.29. The van der Waals surface area contributed by atoms with E-state index < -0.39 is 5.41 Å². The first-order valence-corrected chi connectivity index (χ1v) is 6.34. The van der Waals surface area contributed by atoms with Gasteiger partial charge in [0, 0.05) is 6.42 Å². The van der Waals surface area contributed by atoms with Crippen LogP contribution in [-0.2, 0) is 0 Å². The van der Waals surface area contributed by atoms with Crippen molar-refractivity contribution in [3.8, 4) is 12.1 Å². The molecule has 1 atom stereocenters. The second-order valence-corrected chi connectivity index (χ2v) is 5.19. The maximum atomic E-state index is 9.47. The molecule has 0 saturated heterocycles. The summed E-state index contributed by atoms with van der Waals surface area (Å²) in [5, 5.41) is 18.9. The Morgan fingerprint density at radius 2 is 2.06 bits per heavy atom. The molecule has 0 amide bonds. The molecule has 0 spiro atoms. The highest BCUT2D eigenvalue weighted by atomic mass is 14.5. The third-order valence-electron chi connectivity index (χ3n) is 3.82. The van der Waals surface area contributed by atoms with Gasteiger partial charge in [-0.3, -0.25) is 0 Å². The molecular formula is C16H20N2. The van der Waals surface area contributed by atoms with Gasteiger partial charge in [-0.2, -0.15) is 10.5 Å². The number of nitriles is 2. The van der Waals surface area contributed by atoms with Crippen molar-refractivity contribution in [3.05, 3.63) is 37.0 Å². The average molecular weight is 240 g/mol. The molecule has 2 nitrogen and oxygen atoms in total. The van der Waals surface area contributed by atoms with Crippen LogP contribution in [-0.4, -0.2) is 0 Å². The van der Waals surface area contributed by atoms with Crippen molar-refractivity contribution in [2.45, 2.75) is 39.0 Å². The van der Waals surface area contributed by atoms with Gasteiger partial charge in [-0.1, -0.05) is 25.2 Å². The molecule has 1 aliphatic carbocycles. The highest BCUT2D eigenvalue weighted by Crippen LogP contribution is 2.49. The lowest BCUT2D eigenvalue weighted by molar-refractivity contribution is 0.296. The van der Waals surface area contributed by atoms with Gasteiger partial charge in [0.2, 0.25) is 0 Å². The number of nitrogens with zero attached hydrogens (tertiary/aromatic N) is 2. The van der Waals surface area contributed by atoms with E-state index in [1.54, 1.807) is 6.08 Å². The molecule has 0 N–H and O–H groups in total. The molecule has 1 rings (SSSR count). The first kappa shape index (κ1) is 14.3. The Labute approximate surface area is 110 Å². The van der Waals surface area contributed by atoms with Gasteiger partial charge in [0.25, 0.3) is 0 Å². The molecule has 94 valence electrons. The molecule has 1 unspecified atom stereocenters. The lowest BCUT2D eigenvalue weighted by Crippen LogP contribution is -2.33. The Hall–Kier alpha value is -1.80. The molecular weight excluding hydrogens is 220 g/mol. The molecule has 0 aromatic carbocycles. The van der Waals surface area contributed by atoms with E-state index in [2.05, 4.69) is 38.3 Å². The van der Waals surface area contributed by atoms with Crippen molar-refractivity contribution in [1.82, 2.24) is 0 Å². The van der Waals surface area contributed by atoms with Crippen molar-refractivity contribution < 1.29 is 0 Å². The third-order valence-corrected chi connectivity index (χ3v) is 3.82. The molecule has 0 saturated carbocycles. The predicted octanol–water partition coefficient (Wildman–Crippen LogP) is 4.29. The van der Waals surface area contributed by atoms with Crippen LogP contribution < -0.4 is 0 Å². The van der Waals surface area contributed by atoms with Gasteiger partial charge in [-0.15, -0.1) is 13.2 Å². The number of hydrogen-bond donors (Lipinski definition) is 0. The summed E-state index contributed by atoms with van der Waals surface area (Å²) in [4.78, 5) is 0. The second-order valence-electron chi connectivity index (χ2n) is 5.19. The molecule has 0 aromatic rings. The highest BCUT2D eigenvalue weighted by Gasteiger charge is 2.44. The van der Waals surface area contributed by atoms with E-state index in [0.717, 1.165) is 31.3 Å². The van der Waals surface area contributed by atoms with Crippen LogP contribution in [0.25, 0.3) is 0 Å². The van der Waals surface area contributed by atoms with Crippen molar-refractivity contribution in [3.63, 3.8) is 0 Å². The largest absolute Gasteiger partial charge is 0.196 e. The minimum atomic E-state index is -1.06.